The standard InChI is InChI=1S/C17H21NO/c1-12-4-7-16(8-5-12)19-17-9-6-15(11-14(3)18)13(2)10-17/h4-10,14H,11,18H2,1-3H3. The first-order valence-corrected chi connectivity index (χ1v) is 6.64. The third-order valence-corrected chi connectivity index (χ3v) is 3.11. The molecule has 1 unspecified atom stereocenters. The topological polar surface area (TPSA) is 35.2 Å². The van der Waals surface area contributed by atoms with Crippen molar-refractivity contribution in [2.24, 2.45) is 5.73 Å². The van der Waals surface area contributed by atoms with Gasteiger partial charge in [0.15, 0.2) is 0 Å². The van der Waals surface area contributed by atoms with Gasteiger partial charge in [-0.05, 0) is 62.6 Å². The lowest BCUT2D eigenvalue weighted by atomic mass is 10.0. The second kappa shape index (κ2) is 5.89. The first-order chi connectivity index (χ1) is 9.04. The fourth-order valence-electron chi connectivity index (χ4n) is 2.05. The zero-order valence-corrected chi connectivity index (χ0v) is 11.8. The van der Waals surface area contributed by atoms with Crippen molar-refractivity contribution in [3.05, 3.63) is 59.2 Å². The molecule has 100 valence electrons. The maximum atomic E-state index is 5.84. The Bertz CT molecular complexity index is 544. The predicted octanol–water partition coefficient (Wildman–Crippen LogP) is 3.99. The molecule has 1 atom stereocenters. The summed E-state index contributed by atoms with van der Waals surface area (Å²) in [5.41, 5.74) is 9.58. The number of hydrogen-bond donors (Lipinski definition) is 1. The first kappa shape index (κ1) is 13.6. The maximum Gasteiger partial charge on any atom is 0.127 e. The molecule has 2 aromatic carbocycles. The van der Waals surface area contributed by atoms with Gasteiger partial charge in [0.25, 0.3) is 0 Å². The fourth-order valence-corrected chi connectivity index (χ4v) is 2.05. The molecule has 0 bridgehead atoms. The summed E-state index contributed by atoms with van der Waals surface area (Å²) < 4.78 is 5.84. The Morgan fingerprint density at radius 3 is 2.21 bits per heavy atom. The summed E-state index contributed by atoms with van der Waals surface area (Å²) in [6, 6.07) is 14.4. The van der Waals surface area contributed by atoms with Crippen LogP contribution in [0.2, 0.25) is 0 Å². The van der Waals surface area contributed by atoms with Crippen LogP contribution < -0.4 is 10.5 Å². The van der Waals surface area contributed by atoms with Crippen molar-refractivity contribution in [3.63, 3.8) is 0 Å². The number of aryl methyl sites for hydroxylation is 2. The summed E-state index contributed by atoms with van der Waals surface area (Å²) in [6.45, 7) is 6.19. The largest absolute Gasteiger partial charge is 0.457 e. The van der Waals surface area contributed by atoms with Gasteiger partial charge in [0, 0.05) is 6.04 Å². The normalized spacial score (nSPS) is 12.2. The van der Waals surface area contributed by atoms with Gasteiger partial charge in [-0.15, -0.1) is 0 Å². The van der Waals surface area contributed by atoms with E-state index in [2.05, 4.69) is 26.0 Å². The molecule has 2 N–H and O–H groups in total. The Labute approximate surface area is 115 Å². The van der Waals surface area contributed by atoms with Crippen molar-refractivity contribution >= 4 is 0 Å². The monoisotopic (exact) mass is 255 g/mol. The number of ether oxygens (including phenoxy) is 1. The van der Waals surface area contributed by atoms with Gasteiger partial charge >= 0.3 is 0 Å². The average molecular weight is 255 g/mol. The third-order valence-electron chi connectivity index (χ3n) is 3.11. The number of hydrogen-bond acceptors (Lipinski definition) is 2. The van der Waals surface area contributed by atoms with Gasteiger partial charge in [-0.2, -0.15) is 0 Å². The molecule has 0 heterocycles. The molecule has 0 aliphatic heterocycles. The van der Waals surface area contributed by atoms with Crippen LogP contribution >= 0.6 is 0 Å². The van der Waals surface area contributed by atoms with Crippen molar-refractivity contribution in [1.29, 1.82) is 0 Å². The van der Waals surface area contributed by atoms with E-state index in [9.17, 15) is 0 Å². The van der Waals surface area contributed by atoms with E-state index in [-0.39, 0.29) is 6.04 Å². The molecule has 0 saturated heterocycles. The summed E-state index contributed by atoms with van der Waals surface area (Å²) in [5.74, 6) is 1.74. The summed E-state index contributed by atoms with van der Waals surface area (Å²) >= 11 is 0. The maximum absolute atomic E-state index is 5.84. The molecular weight excluding hydrogens is 234 g/mol. The molecule has 0 aliphatic carbocycles. The molecule has 0 fully saturated rings. The lowest BCUT2D eigenvalue weighted by Crippen LogP contribution is -2.18. The zero-order chi connectivity index (χ0) is 13.8. The van der Waals surface area contributed by atoms with Gasteiger partial charge in [-0.1, -0.05) is 23.8 Å². The van der Waals surface area contributed by atoms with E-state index in [0.717, 1.165) is 17.9 Å². The molecule has 0 spiro atoms. The zero-order valence-electron chi connectivity index (χ0n) is 11.8. The number of benzene rings is 2. The highest BCUT2D eigenvalue weighted by Gasteiger charge is 2.04. The molecule has 0 aliphatic rings. The van der Waals surface area contributed by atoms with Gasteiger partial charge in [-0.25, -0.2) is 0 Å². The molecule has 2 aromatic rings. The molecule has 0 amide bonds. The van der Waals surface area contributed by atoms with Gasteiger partial charge in [0.05, 0.1) is 0 Å². The molecule has 0 saturated carbocycles. The van der Waals surface area contributed by atoms with Gasteiger partial charge < -0.3 is 10.5 Å². The van der Waals surface area contributed by atoms with Crippen LogP contribution in [0.1, 0.15) is 23.6 Å². The fraction of sp³-hybridized carbons (Fsp3) is 0.294. The molecule has 0 radical (unpaired) electrons. The van der Waals surface area contributed by atoms with E-state index in [4.69, 9.17) is 10.5 Å². The van der Waals surface area contributed by atoms with E-state index in [1.807, 2.05) is 37.3 Å². The predicted molar refractivity (Wildman–Crippen MR) is 79.8 cm³/mol. The Hall–Kier alpha value is -1.80. The average Bonchev–Trinajstić information content (AvgIpc) is 2.35. The van der Waals surface area contributed by atoms with Crippen LogP contribution in [0.15, 0.2) is 42.5 Å². The van der Waals surface area contributed by atoms with E-state index in [0.29, 0.717) is 0 Å². The smallest absolute Gasteiger partial charge is 0.127 e. The summed E-state index contributed by atoms with van der Waals surface area (Å²) in [7, 11) is 0. The van der Waals surface area contributed by atoms with Gasteiger partial charge in [0.1, 0.15) is 11.5 Å². The lowest BCUT2D eigenvalue weighted by molar-refractivity contribution is 0.481. The van der Waals surface area contributed by atoms with Crippen LogP contribution in [0.3, 0.4) is 0 Å². The number of nitrogens with two attached hydrogens (primary N) is 1. The molecule has 2 heteroatoms. The van der Waals surface area contributed by atoms with Gasteiger partial charge in [0.2, 0.25) is 0 Å². The lowest BCUT2D eigenvalue weighted by Gasteiger charge is -2.11. The van der Waals surface area contributed by atoms with Crippen LogP contribution in [0, 0.1) is 13.8 Å². The van der Waals surface area contributed by atoms with E-state index in [1.54, 1.807) is 0 Å². The Morgan fingerprint density at radius 1 is 1.00 bits per heavy atom. The van der Waals surface area contributed by atoms with Gasteiger partial charge in [-0.3, -0.25) is 0 Å². The van der Waals surface area contributed by atoms with E-state index >= 15 is 0 Å². The van der Waals surface area contributed by atoms with Crippen LogP contribution in [-0.4, -0.2) is 6.04 Å². The Morgan fingerprint density at radius 2 is 1.63 bits per heavy atom. The van der Waals surface area contributed by atoms with Crippen LogP contribution in [0.25, 0.3) is 0 Å². The summed E-state index contributed by atoms with van der Waals surface area (Å²) in [5, 5.41) is 0. The van der Waals surface area contributed by atoms with Crippen LogP contribution in [0.5, 0.6) is 11.5 Å². The molecule has 2 rings (SSSR count). The highest BCUT2D eigenvalue weighted by molar-refractivity contribution is 5.38. The summed E-state index contributed by atoms with van der Waals surface area (Å²) in [4.78, 5) is 0. The Balaban J connectivity index is 2.13. The van der Waals surface area contributed by atoms with Crippen LogP contribution in [0.4, 0.5) is 0 Å². The first-order valence-electron chi connectivity index (χ1n) is 6.64. The number of rotatable bonds is 4. The Kier molecular flexibility index (Phi) is 4.23. The SMILES string of the molecule is Cc1ccc(Oc2ccc(CC(C)N)c(C)c2)cc1. The van der Waals surface area contributed by atoms with Crippen molar-refractivity contribution < 1.29 is 4.74 Å². The van der Waals surface area contributed by atoms with E-state index in [1.165, 1.54) is 16.7 Å². The van der Waals surface area contributed by atoms with Crippen molar-refractivity contribution in [2.45, 2.75) is 33.2 Å². The van der Waals surface area contributed by atoms with Crippen molar-refractivity contribution in [2.75, 3.05) is 0 Å². The molecular formula is C17H21NO. The second-order valence-electron chi connectivity index (χ2n) is 5.18. The molecule has 19 heavy (non-hydrogen) atoms. The minimum absolute atomic E-state index is 0.183. The highest BCUT2D eigenvalue weighted by Crippen LogP contribution is 2.24. The quantitative estimate of drug-likeness (QED) is 0.896. The third kappa shape index (κ3) is 3.83. The molecule has 0 aromatic heterocycles. The molecule has 2 nitrogen and oxygen atoms in total. The second-order valence-corrected chi connectivity index (χ2v) is 5.18. The van der Waals surface area contributed by atoms with E-state index < -0.39 is 0 Å². The van der Waals surface area contributed by atoms with Crippen LogP contribution in [-0.2, 0) is 6.42 Å². The highest BCUT2D eigenvalue weighted by atomic mass is 16.5. The van der Waals surface area contributed by atoms with Crippen molar-refractivity contribution in [3.8, 4) is 11.5 Å². The minimum atomic E-state index is 0.183. The van der Waals surface area contributed by atoms with Crippen molar-refractivity contribution in [1.82, 2.24) is 0 Å². The summed E-state index contributed by atoms with van der Waals surface area (Å²) in [6.07, 6.45) is 0.899. The minimum Gasteiger partial charge on any atom is -0.457 e.